The monoisotopic (exact) mass is 222 g/mol. The smallest absolute Gasteiger partial charge is 0.123 e. The van der Waals surface area contributed by atoms with Gasteiger partial charge in [-0.3, -0.25) is 11.3 Å². The Morgan fingerprint density at radius 1 is 1.38 bits per heavy atom. The van der Waals surface area contributed by atoms with Crippen LogP contribution < -0.4 is 16.0 Å². The molecule has 0 amide bonds. The second kappa shape index (κ2) is 6.51. The summed E-state index contributed by atoms with van der Waals surface area (Å²) in [6.45, 7) is 4.40. The molecule has 0 bridgehead atoms. The Bertz CT molecular complexity index is 315. The van der Waals surface area contributed by atoms with Gasteiger partial charge in [0, 0.05) is 5.56 Å². The molecule has 0 aliphatic heterocycles. The van der Waals surface area contributed by atoms with Gasteiger partial charge in [-0.15, -0.1) is 0 Å². The molecule has 90 valence electrons. The van der Waals surface area contributed by atoms with Gasteiger partial charge in [-0.25, -0.2) is 0 Å². The highest BCUT2D eigenvalue weighted by Crippen LogP contribution is 2.31. The van der Waals surface area contributed by atoms with Crippen LogP contribution in [0.1, 0.15) is 38.3 Å². The number of benzene rings is 1. The molecular weight excluding hydrogens is 200 g/mol. The molecule has 0 heterocycles. The normalized spacial score (nSPS) is 14.5. The first kappa shape index (κ1) is 13.0. The Hall–Kier alpha value is -1.06. The molecule has 0 aliphatic rings. The maximum atomic E-state index is 5.65. The number of methoxy groups -OCH3 is 1. The molecule has 3 nitrogen and oxygen atoms in total. The van der Waals surface area contributed by atoms with Crippen LogP contribution in [0.4, 0.5) is 0 Å². The van der Waals surface area contributed by atoms with Crippen molar-refractivity contribution in [3.63, 3.8) is 0 Å². The van der Waals surface area contributed by atoms with E-state index in [4.69, 9.17) is 10.6 Å². The third-order valence-electron chi connectivity index (χ3n) is 2.97. The summed E-state index contributed by atoms with van der Waals surface area (Å²) in [5, 5.41) is 0. The number of hydrazine groups is 1. The van der Waals surface area contributed by atoms with E-state index in [2.05, 4.69) is 25.3 Å². The second-order valence-electron chi connectivity index (χ2n) is 4.15. The van der Waals surface area contributed by atoms with Gasteiger partial charge >= 0.3 is 0 Å². The minimum absolute atomic E-state index is 0.149. The Labute approximate surface area is 98.0 Å². The summed E-state index contributed by atoms with van der Waals surface area (Å²) in [6.07, 6.45) is 2.31. The van der Waals surface area contributed by atoms with Crippen LogP contribution in [0.2, 0.25) is 0 Å². The fourth-order valence-corrected chi connectivity index (χ4v) is 2.11. The van der Waals surface area contributed by atoms with Crippen molar-refractivity contribution >= 4 is 0 Å². The number of hydrogen-bond acceptors (Lipinski definition) is 3. The first-order valence-electron chi connectivity index (χ1n) is 5.83. The highest BCUT2D eigenvalue weighted by molar-refractivity contribution is 5.36. The maximum absolute atomic E-state index is 5.65. The average molecular weight is 222 g/mol. The van der Waals surface area contributed by atoms with Crippen LogP contribution in [0.15, 0.2) is 24.3 Å². The second-order valence-corrected chi connectivity index (χ2v) is 4.15. The van der Waals surface area contributed by atoms with Crippen molar-refractivity contribution in [3.8, 4) is 5.75 Å². The number of nitrogens with two attached hydrogens (primary N) is 1. The van der Waals surface area contributed by atoms with Gasteiger partial charge in [0.25, 0.3) is 0 Å². The molecule has 0 fully saturated rings. The molecule has 3 N–H and O–H groups in total. The highest BCUT2D eigenvalue weighted by Gasteiger charge is 2.20. The largest absolute Gasteiger partial charge is 0.496 e. The molecule has 1 aromatic carbocycles. The van der Waals surface area contributed by atoms with Crippen molar-refractivity contribution in [2.24, 2.45) is 11.8 Å². The molecule has 0 saturated carbocycles. The van der Waals surface area contributed by atoms with E-state index in [1.807, 2.05) is 18.2 Å². The number of ether oxygens (including phenoxy) is 1. The molecular formula is C13H22N2O. The van der Waals surface area contributed by atoms with Gasteiger partial charge in [-0.2, -0.15) is 0 Å². The Kier molecular flexibility index (Phi) is 5.29. The number of para-hydroxylation sites is 1. The topological polar surface area (TPSA) is 47.3 Å². The van der Waals surface area contributed by atoms with Gasteiger partial charge in [-0.05, 0) is 18.4 Å². The van der Waals surface area contributed by atoms with Gasteiger partial charge in [0.05, 0.1) is 13.2 Å². The Balaban J connectivity index is 2.93. The van der Waals surface area contributed by atoms with Gasteiger partial charge in [0.15, 0.2) is 0 Å². The molecule has 1 rings (SSSR count). The first-order valence-corrected chi connectivity index (χ1v) is 5.83. The summed E-state index contributed by atoms with van der Waals surface area (Å²) in [7, 11) is 1.69. The molecule has 0 radical (unpaired) electrons. The quantitative estimate of drug-likeness (QED) is 0.574. The Morgan fingerprint density at radius 2 is 2.06 bits per heavy atom. The molecule has 2 atom stereocenters. The van der Waals surface area contributed by atoms with E-state index in [0.29, 0.717) is 5.92 Å². The van der Waals surface area contributed by atoms with Crippen LogP contribution in [0.5, 0.6) is 5.75 Å². The summed E-state index contributed by atoms with van der Waals surface area (Å²) in [4.78, 5) is 0. The molecule has 1 aromatic rings. The van der Waals surface area contributed by atoms with Crippen LogP contribution in [0.25, 0.3) is 0 Å². The number of nitrogens with one attached hydrogen (secondary N) is 1. The van der Waals surface area contributed by atoms with Gasteiger partial charge in [0.1, 0.15) is 5.75 Å². The van der Waals surface area contributed by atoms with Crippen LogP contribution in [0.3, 0.4) is 0 Å². The summed E-state index contributed by atoms with van der Waals surface area (Å²) < 4.78 is 5.36. The summed E-state index contributed by atoms with van der Waals surface area (Å²) in [5.74, 6) is 7.04. The van der Waals surface area contributed by atoms with E-state index in [-0.39, 0.29) is 6.04 Å². The average Bonchev–Trinajstić information content (AvgIpc) is 2.31. The van der Waals surface area contributed by atoms with Crippen LogP contribution >= 0.6 is 0 Å². The van der Waals surface area contributed by atoms with Crippen molar-refractivity contribution in [1.82, 2.24) is 5.43 Å². The predicted octanol–water partition coefficient (Wildman–Crippen LogP) is 2.64. The highest BCUT2D eigenvalue weighted by atomic mass is 16.5. The molecule has 0 aliphatic carbocycles. The van der Waals surface area contributed by atoms with E-state index in [1.54, 1.807) is 7.11 Å². The molecule has 0 aromatic heterocycles. The minimum atomic E-state index is 0.149. The summed E-state index contributed by atoms with van der Waals surface area (Å²) in [6, 6.07) is 8.17. The van der Waals surface area contributed by atoms with E-state index in [9.17, 15) is 0 Å². The van der Waals surface area contributed by atoms with Gasteiger partial charge < -0.3 is 4.74 Å². The van der Waals surface area contributed by atoms with Crippen LogP contribution in [0, 0.1) is 5.92 Å². The minimum Gasteiger partial charge on any atom is -0.496 e. The first-order chi connectivity index (χ1) is 7.74. The lowest BCUT2D eigenvalue weighted by atomic mass is 9.91. The molecule has 16 heavy (non-hydrogen) atoms. The maximum Gasteiger partial charge on any atom is 0.123 e. The van der Waals surface area contributed by atoms with E-state index in [0.717, 1.165) is 24.2 Å². The fourth-order valence-electron chi connectivity index (χ4n) is 2.11. The lowest BCUT2D eigenvalue weighted by Gasteiger charge is -2.24. The predicted molar refractivity (Wildman–Crippen MR) is 67.1 cm³/mol. The van der Waals surface area contributed by atoms with Crippen molar-refractivity contribution in [2.45, 2.75) is 32.7 Å². The zero-order chi connectivity index (χ0) is 12.0. The van der Waals surface area contributed by atoms with E-state index in [1.165, 1.54) is 0 Å². The van der Waals surface area contributed by atoms with Crippen molar-refractivity contribution < 1.29 is 4.74 Å². The summed E-state index contributed by atoms with van der Waals surface area (Å²) in [5.41, 5.74) is 4.03. The lowest BCUT2D eigenvalue weighted by molar-refractivity contribution is 0.345. The summed E-state index contributed by atoms with van der Waals surface area (Å²) >= 11 is 0. The van der Waals surface area contributed by atoms with Gasteiger partial charge in [0.2, 0.25) is 0 Å². The van der Waals surface area contributed by atoms with Crippen LogP contribution in [-0.2, 0) is 0 Å². The molecule has 0 spiro atoms. The van der Waals surface area contributed by atoms with Gasteiger partial charge in [-0.1, -0.05) is 38.5 Å². The standard InChI is InChI=1S/C13H22N2O/c1-4-7-10(2)13(15-14)11-8-5-6-9-12(11)16-3/h5-6,8-10,13,15H,4,7,14H2,1-3H3. The number of hydrogen-bond donors (Lipinski definition) is 2. The number of rotatable bonds is 6. The van der Waals surface area contributed by atoms with Crippen molar-refractivity contribution in [2.75, 3.05) is 7.11 Å². The zero-order valence-electron chi connectivity index (χ0n) is 10.4. The van der Waals surface area contributed by atoms with Crippen LogP contribution in [-0.4, -0.2) is 7.11 Å². The van der Waals surface area contributed by atoms with Crippen molar-refractivity contribution in [1.29, 1.82) is 0 Å². The van der Waals surface area contributed by atoms with Crippen molar-refractivity contribution in [3.05, 3.63) is 29.8 Å². The van der Waals surface area contributed by atoms with E-state index < -0.39 is 0 Å². The van der Waals surface area contributed by atoms with E-state index >= 15 is 0 Å². The third kappa shape index (κ3) is 2.97. The molecule has 2 unspecified atom stereocenters. The Morgan fingerprint density at radius 3 is 2.62 bits per heavy atom. The lowest BCUT2D eigenvalue weighted by Crippen LogP contribution is -2.32. The fraction of sp³-hybridized carbons (Fsp3) is 0.538. The molecule has 3 heteroatoms. The third-order valence-corrected chi connectivity index (χ3v) is 2.97. The molecule has 0 saturated heterocycles. The SMILES string of the molecule is CCCC(C)C(NN)c1ccccc1OC. The zero-order valence-corrected chi connectivity index (χ0v) is 10.4.